The Hall–Kier alpha value is -1.06. The topological polar surface area (TPSA) is 60.0 Å². The zero-order valence-electron chi connectivity index (χ0n) is 18.1. The molecule has 8 heteroatoms. The van der Waals surface area contributed by atoms with E-state index in [0.717, 1.165) is 68.7 Å². The number of carbonyl (C=O) groups is 1. The Morgan fingerprint density at radius 2 is 1.87 bits per heavy atom. The maximum absolute atomic E-state index is 12.6. The standard InChI is InChI=1S/C22H34ClN5O.HI/c1-17(19-9-5-6-10-20(19)23)26-22(24-2)25-11-12-27-13-15-28(16-14-27)21(29)18-7-3-4-8-18;/h5-6,9-10,17-18H,3-4,7-8,11-16H2,1-2H3,(H2,24,25,26);1H. The smallest absolute Gasteiger partial charge is 0.225 e. The molecule has 1 aliphatic heterocycles. The highest BCUT2D eigenvalue weighted by atomic mass is 127. The first-order chi connectivity index (χ1) is 14.1. The van der Waals surface area contributed by atoms with Crippen LogP contribution in [0.1, 0.15) is 44.2 Å². The molecule has 2 aliphatic rings. The molecule has 1 aromatic rings. The van der Waals surface area contributed by atoms with Gasteiger partial charge in [-0.25, -0.2) is 0 Å². The van der Waals surface area contributed by atoms with Crippen molar-refractivity contribution in [2.45, 2.75) is 38.6 Å². The molecule has 0 spiro atoms. The van der Waals surface area contributed by atoms with E-state index in [9.17, 15) is 4.79 Å². The molecule has 0 radical (unpaired) electrons. The summed E-state index contributed by atoms with van der Waals surface area (Å²) in [5.41, 5.74) is 1.06. The number of halogens is 2. The molecule has 0 bridgehead atoms. The highest BCUT2D eigenvalue weighted by Crippen LogP contribution is 2.27. The van der Waals surface area contributed by atoms with Crippen molar-refractivity contribution in [3.8, 4) is 0 Å². The third-order valence-electron chi connectivity index (χ3n) is 6.06. The van der Waals surface area contributed by atoms with Gasteiger partial charge in [0.15, 0.2) is 5.96 Å². The lowest BCUT2D eigenvalue weighted by Gasteiger charge is -2.36. The van der Waals surface area contributed by atoms with Gasteiger partial charge in [0.1, 0.15) is 0 Å². The van der Waals surface area contributed by atoms with E-state index >= 15 is 0 Å². The van der Waals surface area contributed by atoms with E-state index in [1.54, 1.807) is 7.05 Å². The summed E-state index contributed by atoms with van der Waals surface area (Å²) in [4.78, 5) is 21.4. The first-order valence-corrected chi connectivity index (χ1v) is 11.2. The summed E-state index contributed by atoms with van der Waals surface area (Å²) in [6.07, 6.45) is 4.60. The third-order valence-corrected chi connectivity index (χ3v) is 6.40. The second-order valence-electron chi connectivity index (χ2n) is 8.03. The Morgan fingerprint density at radius 1 is 1.20 bits per heavy atom. The quantitative estimate of drug-likeness (QED) is 0.325. The highest BCUT2D eigenvalue weighted by Gasteiger charge is 2.29. The summed E-state index contributed by atoms with van der Waals surface area (Å²) in [6.45, 7) is 7.43. The van der Waals surface area contributed by atoms with Crippen LogP contribution in [0.15, 0.2) is 29.3 Å². The summed E-state index contributed by atoms with van der Waals surface area (Å²) in [7, 11) is 1.78. The van der Waals surface area contributed by atoms with E-state index in [-0.39, 0.29) is 35.9 Å². The van der Waals surface area contributed by atoms with Gasteiger partial charge in [-0.3, -0.25) is 14.7 Å². The Kier molecular flexibility index (Phi) is 10.7. The average molecular weight is 548 g/mol. The molecule has 2 N–H and O–H groups in total. The lowest BCUT2D eigenvalue weighted by molar-refractivity contribution is -0.137. The third kappa shape index (κ3) is 6.99. The number of nitrogens with one attached hydrogen (secondary N) is 2. The molecule has 1 saturated heterocycles. The molecule has 3 rings (SSSR count). The van der Waals surface area contributed by atoms with Gasteiger partial charge in [-0.2, -0.15) is 0 Å². The number of guanidine groups is 1. The zero-order chi connectivity index (χ0) is 20.6. The van der Waals surface area contributed by atoms with E-state index in [0.29, 0.717) is 5.91 Å². The normalized spacial score (nSPS) is 19.3. The monoisotopic (exact) mass is 547 g/mol. The van der Waals surface area contributed by atoms with Gasteiger partial charge in [0.2, 0.25) is 5.91 Å². The largest absolute Gasteiger partial charge is 0.355 e. The fraction of sp³-hybridized carbons (Fsp3) is 0.636. The molecule has 1 saturated carbocycles. The van der Waals surface area contributed by atoms with Gasteiger partial charge in [-0.1, -0.05) is 42.6 Å². The first-order valence-electron chi connectivity index (χ1n) is 10.8. The summed E-state index contributed by atoms with van der Waals surface area (Å²) in [5, 5.41) is 7.54. The van der Waals surface area contributed by atoms with Gasteiger partial charge >= 0.3 is 0 Å². The number of hydrogen-bond donors (Lipinski definition) is 2. The molecule has 168 valence electrons. The van der Waals surface area contributed by atoms with Crippen molar-refractivity contribution in [2.75, 3.05) is 46.3 Å². The van der Waals surface area contributed by atoms with Crippen LogP contribution < -0.4 is 10.6 Å². The van der Waals surface area contributed by atoms with Crippen molar-refractivity contribution >= 4 is 47.4 Å². The molecule has 6 nitrogen and oxygen atoms in total. The molecule has 1 unspecified atom stereocenters. The van der Waals surface area contributed by atoms with E-state index in [1.807, 2.05) is 24.3 Å². The second-order valence-corrected chi connectivity index (χ2v) is 8.44. The summed E-state index contributed by atoms with van der Waals surface area (Å²) in [6, 6.07) is 7.93. The molecule has 30 heavy (non-hydrogen) atoms. The SMILES string of the molecule is CN=C(NCCN1CCN(C(=O)C2CCCC2)CC1)NC(C)c1ccccc1Cl.I. The molecule has 1 aromatic carbocycles. The fourth-order valence-corrected chi connectivity index (χ4v) is 4.56. The van der Waals surface area contributed by atoms with E-state index in [2.05, 4.69) is 32.3 Å². The minimum absolute atomic E-state index is 0. The lowest BCUT2D eigenvalue weighted by Crippen LogP contribution is -2.52. The molecule has 1 amide bonds. The number of nitrogens with zero attached hydrogens (tertiary/aromatic N) is 3. The number of rotatable bonds is 6. The molecular weight excluding hydrogens is 513 g/mol. The van der Waals surface area contributed by atoms with Gasteiger partial charge in [-0.05, 0) is 31.4 Å². The van der Waals surface area contributed by atoms with Crippen LogP contribution in [0.2, 0.25) is 5.02 Å². The van der Waals surface area contributed by atoms with Gasteiger partial charge in [-0.15, -0.1) is 24.0 Å². The second kappa shape index (κ2) is 12.7. The molecule has 2 fully saturated rings. The highest BCUT2D eigenvalue weighted by molar-refractivity contribution is 14.0. The minimum Gasteiger partial charge on any atom is -0.355 e. The Labute approximate surface area is 202 Å². The predicted octanol–water partition coefficient (Wildman–Crippen LogP) is 3.52. The number of carbonyl (C=O) groups excluding carboxylic acids is 1. The summed E-state index contributed by atoms with van der Waals surface area (Å²) < 4.78 is 0. The van der Waals surface area contributed by atoms with Crippen LogP contribution in [0, 0.1) is 5.92 Å². The first kappa shape index (κ1) is 25.2. The van der Waals surface area contributed by atoms with Crippen LogP contribution in [0.5, 0.6) is 0 Å². The fourth-order valence-electron chi connectivity index (χ4n) is 4.26. The van der Waals surface area contributed by atoms with Crippen molar-refractivity contribution in [2.24, 2.45) is 10.9 Å². The molecule has 1 heterocycles. The van der Waals surface area contributed by atoms with E-state index in [4.69, 9.17) is 11.6 Å². The molecule has 1 atom stereocenters. The average Bonchev–Trinajstić information content (AvgIpc) is 3.28. The van der Waals surface area contributed by atoms with E-state index in [1.165, 1.54) is 12.8 Å². The van der Waals surface area contributed by atoms with Crippen LogP contribution in [0.25, 0.3) is 0 Å². The number of amides is 1. The van der Waals surface area contributed by atoms with Crippen molar-refractivity contribution in [1.82, 2.24) is 20.4 Å². The molecular formula is C22H35ClIN5O. The number of piperazine rings is 1. The van der Waals surface area contributed by atoms with Gasteiger partial charge in [0.05, 0.1) is 6.04 Å². The van der Waals surface area contributed by atoms with Crippen molar-refractivity contribution < 1.29 is 4.79 Å². The van der Waals surface area contributed by atoms with E-state index < -0.39 is 0 Å². The Bertz CT molecular complexity index is 703. The maximum Gasteiger partial charge on any atom is 0.225 e. The van der Waals surface area contributed by atoms with Crippen LogP contribution >= 0.6 is 35.6 Å². The Morgan fingerprint density at radius 3 is 2.50 bits per heavy atom. The Balaban J connectivity index is 0.00000320. The van der Waals surface area contributed by atoms with Crippen molar-refractivity contribution in [1.29, 1.82) is 0 Å². The molecule has 1 aliphatic carbocycles. The summed E-state index contributed by atoms with van der Waals surface area (Å²) in [5.74, 6) is 1.45. The van der Waals surface area contributed by atoms with Crippen LogP contribution in [-0.4, -0.2) is 68.0 Å². The zero-order valence-corrected chi connectivity index (χ0v) is 21.2. The number of benzene rings is 1. The van der Waals surface area contributed by atoms with Crippen molar-refractivity contribution in [3.63, 3.8) is 0 Å². The lowest BCUT2D eigenvalue weighted by atomic mass is 10.1. The number of hydrogen-bond acceptors (Lipinski definition) is 3. The maximum atomic E-state index is 12.6. The van der Waals surface area contributed by atoms with Crippen molar-refractivity contribution in [3.05, 3.63) is 34.9 Å². The molecule has 0 aromatic heterocycles. The van der Waals surface area contributed by atoms with Gasteiger partial charge in [0.25, 0.3) is 0 Å². The van der Waals surface area contributed by atoms with Gasteiger partial charge < -0.3 is 15.5 Å². The van der Waals surface area contributed by atoms with Gasteiger partial charge in [0, 0.05) is 57.3 Å². The predicted molar refractivity (Wildman–Crippen MR) is 135 cm³/mol. The van der Waals surface area contributed by atoms with Crippen LogP contribution in [0.4, 0.5) is 0 Å². The van der Waals surface area contributed by atoms with Crippen LogP contribution in [-0.2, 0) is 4.79 Å². The number of aliphatic imine (C=N–C) groups is 1. The summed E-state index contributed by atoms with van der Waals surface area (Å²) >= 11 is 6.29. The minimum atomic E-state index is 0. The van der Waals surface area contributed by atoms with Crippen LogP contribution in [0.3, 0.4) is 0 Å².